The van der Waals surface area contributed by atoms with Gasteiger partial charge in [0.1, 0.15) is 0 Å². The number of aliphatic hydroxyl groups excluding tert-OH is 1. The van der Waals surface area contributed by atoms with E-state index in [0.717, 1.165) is 0 Å². The molecule has 1 N–H and O–H groups in total. The molecular formula is C13H16O5. The fourth-order valence-electron chi connectivity index (χ4n) is 1.22. The molecule has 0 aliphatic carbocycles. The molecule has 0 aliphatic rings. The molecule has 1 rings (SSSR count). The quantitative estimate of drug-likeness (QED) is 0.582. The van der Waals surface area contributed by atoms with Gasteiger partial charge in [0.05, 0.1) is 12.2 Å². The highest BCUT2D eigenvalue weighted by Crippen LogP contribution is 2.01. The van der Waals surface area contributed by atoms with Crippen LogP contribution in [0.15, 0.2) is 30.3 Å². The third kappa shape index (κ3) is 5.45. The number of hydrogen-bond acceptors (Lipinski definition) is 5. The minimum atomic E-state index is -0.586. The van der Waals surface area contributed by atoms with Gasteiger partial charge in [-0.3, -0.25) is 0 Å². The van der Waals surface area contributed by atoms with Gasteiger partial charge in [0, 0.05) is 6.61 Å². The number of carbonyl (C=O) groups excluding carboxylic acids is 2. The second-order valence-corrected chi connectivity index (χ2v) is 3.59. The number of benzene rings is 1. The molecule has 98 valence electrons. The van der Waals surface area contributed by atoms with Crippen molar-refractivity contribution in [2.75, 3.05) is 19.8 Å². The molecule has 0 heterocycles. The first kappa shape index (κ1) is 14.2. The lowest BCUT2D eigenvalue weighted by atomic mass is 10.2. The van der Waals surface area contributed by atoms with Crippen LogP contribution in [0, 0.1) is 0 Å². The number of hydrogen-bond donors (Lipinski definition) is 1. The maximum atomic E-state index is 11.5. The van der Waals surface area contributed by atoms with Crippen molar-refractivity contribution in [3.8, 4) is 0 Å². The SMILES string of the molecule is O=C(COC(=O)c1ccccc1)OCCCCO. The highest BCUT2D eigenvalue weighted by Gasteiger charge is 2.10. The Morgan fingerprint density at radius 3 is 2.44 bits per heavy atom. The lowest BCUT2D eigenvalue weighted by molar-refractivity contribution is -0.147. The van der Waals surface area contributed by atoms with Gasteiger partial charge < -0.3 is 14.6 Å². The topological polar surface area (TPSA) is 72.8 Å². The smallest absolute Gasteiger partial charge is 0.344 e. The zero-order valence-electron chi connectivity index (χ0n) is 10.0. The van der Waals surface area contributed by atoms with Crippen molar-refractivity contribution in [3.63, 3.8) is 0 Å². The van der Waals surface area contributed by atoms with Crippen LogP contribution in [0.1, 0.15) is 23.2 Å². The molecule has 0 spiro atoms. The summed E-state index contributed by atoms with van der Waals surface area (Å²) >= 11 is 0. The lowest BCUT2D eigenvalue weighted by Crippen LogP contribution is -2.17. The standard InChI is InChI=1S/C13H16O5/c14-8-4-5-9-17-12(15)10-18-13(16)11-6-2-1-3-7-11/h1-3,6-7,14H,4-5,8-10H2. The normalized spacial score (nSPS) is 9.83. The number of ether oxygens (including phenoxy) is 2. The Balaban J connectivity index is 2.20. The predicted octanol–water partition coefficient (Wildman–Crippen LogP) is 1.16. The Morgan fingerprint density at radius 1 is 1.06 bits per heavy atom. The van der Waals surface area contributed by atoms with Crippen LogP contribution < -0.4 is 0 Å². The van der Waals surface area contributed by atoms with Crippen LogP contribution in [-0.4, -0.2) is 36.9 Å². The molecule has 0 unspecified atom stereocenters. The van der Waals surface area contributed by atoms with Crippen LogP contribution in [0.4, 0.5) is 0 Å². The van der Waals surface area contributed by atoms with Crippen molar-refractivity contribution in [3.05, 3.63) is 35.9 Å². The Morgan fingerprint density at radius 2 is 1.78 bits per heavy atom. The van der Waals surface area contributed by atoms with Gasteiger partial charge in [0.25, 0.3) is 0 Å². The largest absolute Gasteiger partial charge is 0.463 e. The van der Waals surface area contributed by atoms with E-state index in [1.165, 1.54) is 0 Å². The van der Waals surface area contributed by atoms with Crippen molar-refractivity contribution in [2.45, 2.75) is 12.8 Å². The minimum absolute atomic E-state index is 0.0700. The zero-order chi connectivity index (χ0) is 13.2. The summed E-state index contributed by atoms with van der Waals surface area (Å²) in [6, 6.07) is 8.42. The third-order valence-electron chi connectivity index (χ3n) is 2.15. The second kappa shape index (κ2) is 8.25. The minimum Gasteiger partial charge on any atom is -0.463 e. The Labute approximate surface area is 105 Å². The first-order chi connectivity index (χ1) is 8.74. The van der Waals surface area contributed by atoms with Crippen LogP contribution in [0.2, 0.25) is 0 Å². The summed E-state index contributed by atoms with van der Waals surface area (Å²) in [5.74, 6) is -1.14. The molecule has 0 bridgehead atoms. The monoisotopic (exact) mass is 252 g/mol. The van der Waals surface area contributed by atoms with Gasteiger partial charge >= 0.3 is 11.9 Å². The van der Waals surface area contributed by atoms with E-state index in [-0.39, 0.29) is 13.2 Å². The van der Waals surface area contributed by atoms with Crippen molar-refractivity contribution in [1.29, 1.82) is 0 Å². The number of unbranched alkanes of at least 4 members (excludes halogenated alkanes) is 1. The summed E-state index contributed by atoms with van der Waals surface area (Å²) in [7, 11) is 0. The number of aliphatic hydroxyl groups is 1. The summed E-state index contributed by atoms with van der Waals surface area (Å²) in [4.78, 5) is 22.6. The molecule has 1 aromatic carbocycles. The van der Waals surface area contributed by atoms with E-state index in [1.807, 2.05) is 0 Å². The molecule has 0 aliphatic heterocycles. The molecule has 0 saturated carbocycles. The van der Waals surface area contributed by atoms with Crippen molar-refractivity contribution >= 4 is 11.9 Å². The van der Waals surface area contributed by atoms with E-state index < -0.39 is 18.5 Å². The first-order valence-electron chi connectivity index (χ1n) is 5.72. The highest BCUT2D eigenvalue weighted by molar-refractivity contribution is 5.90. The fourth-order valence-corrected chi connectivity index (χ4v) is 1.22. The van der Waals surface area contributed by atoms with E-state index in [4.69, 9.17) is 14.6 Å². The molecule has 0 atom stereocenters. The van der Waals surface area contributed by atoms with E-state index in [2.05, 4.69) is 0 Å². The fraction of sp³-hybridized carbons (Fsp3) is 0.385. The van der Waals surface area contributed by atoms with Crippen molar-refractivity contribution < 1.29 is 24.2 Å². The molecule has 18 heavy (non-hydrogen) atoms. The Hall–Kier alpha value is -1.88. The van der Waals surface area contributed by atoms with Crippen LogP contribution in [0.25, 0.3) is 0 Å². The average Bonchev–Trinajstić information content (AvgIpc) is 2.42. The van der Waals surface area contributed by atoms with E-state index >= 15 is 0 Å². The van der Waals surface area contributed by atoms with Crippen molar-refractivity contribution in [1.82, 2.24) is 0 Å². The molecule has 0 aromatic heterocycles. The van der Waals surface area contributed by atoms with Gasteiger partial charge in [-0.2, -0.15) is 0 Å². The third-order valence-corrected chi connectivity index (χ3v) is 2.15. The van der Waals surface area contributed by atoms with Crippen LogP contribution in [0.3, 0.4) is 0 Å². The number of carbonyl (C=O) groups is 2. The van der Waals surface area contributed by atoms with E-state index in [0.29, 0.717) is 18.4 Å². The van der Waals surface area contributed by atoms with E-state index in [9.17, 15) is 9.59 Å². The molecule has 5 heteroatoms. The average molecular weight is 252 g/mol. The maximum Gasteiger partial charge on any atom is 0.344 e. The molecule has 0 fully saturated rings. The van der Waals surface area contributed by atoms with Gasteiger partial charge in [-0.25, -0.2) is 9.59 Å². The van der Waals surface area contributed by atoms with Gasteiger partial charge in [-0.1, -0.05) is 18.2 Å². The molecular weight excluding hydrogens is 236 g/mol. The first-order valence-corrected chi connectivity index (χ1v) is 5.72. The van der Waals surface area contributed by atoms with Crippen LogP contribution in [-0.2, 0) is 14.3 Å². The molecule has 0 amide bonds. The highest BCUT2D eigenvalue weighted by atomic mass is 16.6. The van der Waals surface area contributed by atoms with Crippen LogP contribution in [0.5, 0.6) is 0 Å². The molecule has 1 aromatic rings. The summed E-state index contributed by atoms with van der Waals surface area (Å²) < 4.78 is 9.59. The van der Waals surface area contributed by atoms with Gasteiger partial charge in [0.15, 0.2) is 6.61 Å². The predicted molar refractivity (Wildman–Crippen MR) is 64.0 cm³/mol. The summed E-state index contributed by atoms with van der Waals surface area (Å²) in [6.45, 7) is -0.102. The van der Waals surface area contributed by atoms with Gasteiger partial charge in [0.2, 0.25) is 0 Å². The molecule has 5 nitrogen and oxygen atoms in total. The molecule has 0 radical (unpaired) electrons. The van der Waals surface area contributed by atoms with Crippen LogP contribution >= 0.6 is 0 Å². The zero-order valence-corrected chi connectivity index (χ0v) is 10.0. The van der Waals surface area contributed by atoms with Crippen molar-refractivity contribution in [2.24, 2.45) is 0 Å². The number of rotatable bonds is 7. The summed E-state index contributed by atoms with van der Waals surface area (Å²) in [5, 5.41) is 8.52. The van der Waals surface area contributed by atoms with Gasteiger partial charge in [-0.15, -0.1) is 0 Å². The summed E-state index contributed by atoms with van der Waals surface area (Å²) in [6.07, 6.45) is 1.17. The number of esters is 2. The lowest BCUT2D eigenvalue weighted by Gasteiger charge is -2.05. The summed E-state index contributed by atoms with van der Waals surface area (Å²) in [5.41, 5.74) is 0.394. The Kier molecular flexibility index (Phi) is 6.50. The van der Waals surface area contributed by atoms with Gasteiger partial charge in [-0.05, 0) is 25.0 Å². The maximum absolute atomic E-state index is 11.5. The Bertz CT molecular complexity index is 374. The molecule has 0 saturated heterocycles. The van der Waals surface area contributed by atoms with E-state index in [1.54, 1.807) is 30.3 Å². The second-order valence-electron chi connectivity index (χ2n) is 3.59.